The van der Waals surface area contributed by atoms with E-state index >= 15 is 0 Å². The zero-order chi connectivity index (χ0) is 18.5. The first kappa shape index (κ1) is 17.5. The van der Waals surface area contributed by atoms with Gasteiger partial charge in [0.15, 0.2) is 23.3 Å². The number of aryl methyl sites for hydroxylation is 1. The zero-order valence-electron chi connectivity index (χ0n) is 14.7. The van der Waals surface area contributed by atoms with Crippen molar-refractivity contribution in [3.63, 3.8) is 0 Å². The summed E-state index contributed by atoms with van der Waals surface area (Å²) in [7, 11) is 1.54. The molecule has 2 aromatic carbocycles. The number of hydrogen-bond donors (Lipinski definition) is 1. The molecular formula is C19H19N3O4. The van der Waals surface area contributed by atoms with Crippen molar-refractivity contribution in [3.05, 3.63) is 54.1 Å². The van der Waals surface area contributed by atoms with E-state index in [0.717, 1.165) is 11.1 Å². The van der Waals surface area contributed by atoms with Gasteiger partial charge in [0.1, 0.15) is 0 Å². The van der Waals surface area contributed by atoms with Crippen LogP contribution < -0.4 is 14.8 Å². The molecule has 3 rings (SSSR count). The molecule has 26 heavy (non-hydrogen) atoms. The molecule has 1 heterocycles. The van der Waals surface area contributed by atoms with Gasteiger partial charge in [-0.15, -0.1) is 0 Å². The van der Waals surface area contributed by atoms with E-state index in [-0.39, 0.29) is 11.7 Å². The number of amides is 1. The first-order chi connectivity index (χ1) is 12.6. The lowest BCUT2D eigenvalue weighted by atomic mass is 10.1. The average molecular weight is 353 g/mol. The van der Waals surface area contributed by atoms with Crippen LogP contribution in [0.15, 0.2) is 53.2 Å². The fraction of sp³-hybridized carbons (Fsp3) is 0.211. The van der Waals surface area contributed by atoms with Crippen LogP contribution in [0.1, 0.15) is 12.5 Å². The van der Waals surface area contributed by atoms with Gasteiger partial charge >= 0.3 is 0 Å². The van der Waals surface area contributed by atoms with Crippen molar-refractivity contribution in [2.45, 2.75) is 20.0 Å². The largest absolute Gasteiger partial charge is 0.493 e. The standard InChI is InChI=1S/C19H19N3O4/c1-12-8-10-14(11-9-12)17-18(22-26-21-17)20-19(23)13(2)25-16-7-5-4-6-15(16)24-3/h4-11,13H,1-3H3,(H,20,22,23). The smallest absolute Gasteiger partial charge is 0.266 e. The Morgan fingerprint density at radius 1 is 1.08 bits per heavy atom. The number of hydrogen-bond acceptors (Lipinski definition) is 6. The van der Waals surface area contributed by atoms with Gasteiger partial charge in [-0.3, -0.25) is 4.79 Å². The number of nitrogens with zero attached hydrogens (tertiary/aromatic N) is 2. The van der Waals surface area contributed by atoms with E-state index in [0.29, 0.717) is 17.2 Å². The molecule has 0 aliphatic carbocycles. The molecule has 0 fully saturated rings. The number of nitrogens with one attached hydrogen (secondary N) is 1. The molecule has 0 bridgehead atoms. The summed E-state index contributed by atoms with van der Waals surface area (Å²) < 4.78 is 15.7. The van der Waals surface area contributed by atoms with Crippen LogP contribution >= 0.6 is 0 Å². The molecule has 134 valence electrons. The summed E-state index contributed by atoms with van der Waals surface area (Å²) in [6.45, 7) is 3.63. The van der Waals surface area contributed by atoms with Crippen LogP contribution in [-0.2, 0) is 4.79 Å². The summed E-state index contributed by atoms with van der Waals surface area (Å²) >= 11 is 0. The van der Waals surface area contributed by atoms with Crippen molar-refractivity contribution in [2.75, 3.05) is 12.4 Å². The van der Waals surface area contributed by atoms with Crippen molar-refractivity contribution in [2.24, 2.45) is 0 Å². The van der Waals surface area contributed by atoms with Gasteiger partial charge in [-0.05, 0) is 36.3 Å². The van der Waals surface area contributed by atoms with Gasteiger partial charge in [0.25, 0.3) is 5.91 Å². The Morgan fingerprint density at radius 2 is 1.77 bits per heavy atom. The lowest BCUT2D eigenvalue weighted by Crippen LogP contribution is -2.30. The second-order valence-corrected chi connectivity index (χ2v) is 5.73. The number of rotatable bonds is 6. The number of ether oxygens (including phenoxy) is 2. The number of benzene rings is 2. The molecule has 1 unspecified atom stereocenters. The van der Waals surface area contributed by atoms with E-state index in [2.05, 4.69) is 15.6 Å². The van der Waals surface area contributed by atoms with E-state index < -0.39 is 6.10 Å². The van der Waals surface area contributed by atoms with Gasteiger partial charge in [-0.1, -0.05) is 42.0 Å². The van der Waals surface area contributed by atoms with Gasteiger partial charge in [-0.25, -0.2) is 4.63 Å². The second kappa shape index (κ2) is 7.69. The third kappa shape index (κ3) is 3.83. The molecule has 1 aromatic heterocycles. The Bertz CT molecular complexity index is 890. The molecule has 0 aliphatic heterocycles. The van der Waals surface area contributed by atoms with Crippen LogP contribution in [0.2, 0.25) is 0 Å². The van der Waals surface area contributed by atoms with Crippen molar-refractivity contribution in [1.29, 1.82) is 0 Å². The van der Waals surface area contributed by atoms with Gasteiger partial charge < -0.3 is 14.8 Å². The van der Waals surface area contributed by atoms with E-state index in [1.54, 1.807) is 32.2 Å². The number of anilines is 1. The fourth-order valence-electron chi connectivity index (χ4n) is 2.35. The number of carbonyl (C=O) groups is 1. The summed E-state index contributed by atoms with van der Waals surface area (Å²) in [5, 5.41) is 10.3. The molecule has 0 spiro atoms. The van der Waals surface area contributed by atoms with Gasteiger partial charge in [0, 0.05) is 5.56 Å². The fourth-order valence-corrected chi connectivity index (χ4v) is 2.35. The zero-order valence-corrected chi connectivity index (χ0v) is 14.7. The van der Waals surface area contributed by atoms with E-state index in [1.807, 2.05) is 37.3 Å². The van der Waals surface area contributed by atoms with E-state index in [1.165, 1.54) is 0 Å². The summed E-state index contributed by atoms with van der Waals surface area (Å²) in [6, 6.07) is 14.8. The van der Waals surface area contributed by atoms with E-state index in [9.17, 15) is 4.79 Å². The predicted molar refractivity (Wildman–Crippen MR) is 96.2 cm³/mol. The van der Waals surface area contributed by atoms with Crippen LogP contribution in [-0.4, -0.2) is 29.4 Å². The average Bonchev–Trinajstić information content (AvgIpc) is 3.10. The molecular weight excluding hydrogens is 334 g/mol. The van der Waals surface area contributed by atoms with Crippen LogP contribution in [0.25, 0.3) is 11.3 Å². The molecule has 0 saturated carbocycles. The molecule has 7 nitrogen and oxygen atoms in total. The van der Waals surface area contributed by atoms with Crippen LogP contribution in [0.3, 0.4) is 0 Å². The molecule has 0 aliphatic rings. The normalized spacial score (nSPS) is 11.7. The maximum absolute atomic E-state index is 12.5. The highest BCUT2D eigenvalue weighted by molar-refractivity contribution is 5.96. The minimum atomic E-state index is -0.770. The Kier molecular flexibility index (Phi) is 5.17. The van der Waals surface area contributed by atoms with E-state index in [4.69, 9.17) is 14.1 Å². The van der Waals surface area contributed by atoms with Gasteiger partial charge in [0.05, 0.1) is 7.11 Å². The Morgan fingerprint density at radius 3 is 2.46 bits per heavy atom. The number of carbonyl (C=O) groups excluding carboxylic acids is 1. The molecule has 1 N–H and O–H groups in total. The minimum absolute atomic E-state index is 0.245. The molecule has 3 aromatic rings. The topological polar surface area (TPSA) is 86.5 Å². The quantitative estimate of drug-likeness (QED) is 0.730. The second-order valence-electron chi connectivity index (χ2n) is 5.73. The lowest BCUT2D eigenvalue weighted by Gasteiger charge is -2.16. The highest BCUT2D eigenvalue weighted by Gasteiger charge is 2.21. The Labute approximate surface area is 150 Å². The third-order valence-corrected chi connectivity index (χ3v) is 3.80. The first-order valence-electron chi connectivity index (χ1n) is 8.08. The highest BCUT2D eigenvalue weighted by Crippen LogP contribution is 2.28. The molecule has 0 saturated heterocycles. The third-order valence-electron chi connectivity index (χ3n) is 3.80. The summed E-state index contributed by atoms with van der Waals surface area (Å²) in [5.74, 6) is 0.902. The molecule has 1 amide bonds. The number of methoxy groups -OCH3 is 1. The Balaban J connectivity index is 1.72. The van der Waals surface area contributed by atoms with Crippen molar-refractivity contribution < 1.29 is 18.9 Å². The minimum Gasteiger partial charge on any atom is -0.493 e. The van der Waals surface area contributed by atoms with Crippen molar-refractivity contribution >= 4 is 11.7 Å². The molecule has 1 atom stereocenters. The summed E-state index contributed by atoms with van der Waals surface area (Å²) in [6.07, 6.45) is -0.770. The highest BCUT2D eigenvalue weighted by atomic mass is 16.6. The SMILES string of the molecule is COc1ccccc1OC(C)C(=O)Nc1nonc1-c1ccc(C)cc1. The number of aromatic nitrogens is 2. The maximum Gasteiger partial charge on any atom is 0.266 e. The lowest BCUT2D eigenvalue weighted by molar-refractivity contribution is -0.122. The van der Waals surface area contributed by atoms with Crippen molar-refractivity contribution in [3.8, 4) is 22.8 Å². The molecule has 7 heteroatoms. The van der Waals surface area contributed by atoms with Gasteiger partial charge in [0.2, 0.25) is 5.82 Å². The monoisotopic (exact) mass is 353 g/mol. The van der Waals surface area contributed by atoms with Gasteiger partial charge in [-0.2, -0.15) is 0 Å². The summed E-state index contributed by atoms with van der Waals surface area (Å²) in [5.41, 5.74) is 2.38. The van der Waals surface area contributed by atoms with Crippen molar-refractivity contribution in [1.82, 2.24) is 10.3 Å². The van der Waals surface area contributed by atoms with Crippen LogP contribution in [0, 0.1) is 6.92 Å². The van der Waals surface area contributed by atoms with Crippen LogP contribution in [0.5, 0.6) is 11.5 Å². The molecule has 0 radical (unpaired) electrons. The summed E-state index contributed by atoms with van der Waals surface area (Å²) in [4.78, 5) is 12.5. The van der Waals surface area contributed by atoms with Crippen LogP contribution in [0.4, 0.5) is 5.82 Å². The number of para-hydroxylation sites is 2. The predicted octanol–water partition coefficient (Wildman–Crippen LogP) is 3.46. The Hall–Kier alpha value is -3.35. The first-order valence-corrected chi connectivity index (χ1v) is 8.08. The maximum atomic E-state index is 12.5.